The molecule has 12 nitrogen and oxygen atoms in total. The van der Waals surface area contributed by atoms with E-state index in [9.17, 15) is 30.5 Å². The van der Waals surface area contributed by atoms with Gasteiger partial charge in [0.2, 0.25) is 0 Å². The third kappa shape index (κ3) is 6.26. The maximum Gasteiger partial charge on any atom is 0.292 e. The number of piperidine rings is 1. The number of benzene rings is 1. The zero-order valence-corrected chi connectivity index (χ0v) is 16.5. The molecule has 1 heterocycles. The Kier molecular flexibility index (Phi) is 9.24. The van der Waals surface area contributed by atoms with E-state index in [-0.39, 0.29) is 24.5 Å². The van der Waals surface area contributed by atoms with E-state index in [1.54, 1.807) is 4.90 Å². The molecule has 4 atom stereocenters. The molecule has 1 fully saturated rings. The summed E-state index contributed by atoms with van der Waals surface area (Å²) >= 11 is 0. The number of hydrogen-bond donors (Lipinski definition) is 5. The van der Waals surface area contributed by atoms with Crippen LogP contribution in [-0.4, -0.2) is 80.8 Å². The summed E-state index contributed by atoms with van der Waals surface area (Å²) in [6, 6.07) is 3.64. The first-order valence-electron chi connectivity index (χ1n) is 9.85. The Morgan fingerprint density at radius 2 is 1.97 bits per heavy atom. The molecule has 2 rings (SSSR count). The average molecular weight is 424 g/mol. The van der Waals surface area contributed by atoms with Crippen molar-refractivity contribution in [3.8, 4) is 0 Å². The monoisotopic (exact) mass is 424 g/mol. The van der Waals surface area contributed by atoms with Crippen LogP contribution in [0, 0.1) is 10.1 Å². The normalized spacial score (nSPS) is 24.3. The highest BCUT2D eigenvalue weighted by atomic mass is 16.6. The molecule has 0 radical (unpaired) electrons. The fourth-order valence-corrected chi connectivity index (χ4v) is 3.59. The minimum Gasteiger partial charge on any atom is -0.395 e. The van der Waals surface area contributed by atoms with Gasteiger partial charge in [-0.25, -0.2) is 0 Å². The lowest BCUT2D eigenvalue weighted by Crippen LogP contribution is -2.62. The summed E-state index contributed by atoms with van der Waals surface area (Å²) in [7, 11) is 0. The van der Waals surface area contributed by atoms with Crippen LogP contribution in [0.25, 0.3) is 10.4 Å². The summed E-state index contributed by atoms with van der Waals surface area (Å²) in [4.78, 5) is 15.1. The van der Waals surface area contributed by atoms with Crippen LogP contribution in [0.3, 0.4) is 0 Å². The van der Waals surface area contributed by atoms with Gasteiger partial charge in [-0.1, -0.05) is 24.0 Å². The highest BCUT2D eigenvalue weighted by Crippen LogP contribution is 2.29. The van der Waals surface area contributed by atoms with E-state index in [4.69, 9.17) is 5.53 Å². The molecular weight excluding hydrogens is 396 g/mol. The molecule has 0 aliphatic carbocycles. The Morgan fingerprint density at radius 3 is 2.63 bits per heavy atom. The summed E-state index contributed by atoms with van der Waals surface area (Å²) in [5, 5.41) is 56.5. The number of β-amino-alcohol motifs (C(OH)–C–C–N with tert-alkyl or cyclic N) is 1. The first-order valence-corrected chi connectivity index (χ1v) is 9.85. The lowest BCUT2D eigenvalue weighted by Gasteiger charge is -2.43. The first kappa shape index (κ1) is 23.8. The van der Waals surface area contributed by atoms with Crippen LogP contribution < -0.4 is 5.32 Å². The molecule has 0 aromatic heterocycles. The molecule has 30 heavy (non-hydrogen) atoms. The molecule has 1 aliphatic heterocycles. The summed E-state index contributed by atoms with van der Waals surface area (Å²) in [5.41, 5.74) is 8.82. The van der Waals surface area contributed by atoms with E-state index in [1.165, 1.54) is 18.2 Å². The number of aliphatic hydroxyl groups is 4. The van der Waals surface area contributed by atoms with E-state index in [1.807, 2.05) is 0 Å². The number of anilines is 1. The molecule has 0 unspecified atom stereocenters. The number of nitro benzene ring substituents is 1. The molecular formula is C18H28N6O6. The third-order valence-corrected chi connectivity index (χ3v) is 5.24. The van der Waals surface area contributed by atoms with Gasteiger partial charge in [-0.15, -0.1) is 0 Å². The number of unbranched alkanes of at least 4 members (excludes halogenated alkanes) is 3. The van der Waals surface area contributed by atoms with Gasteiger partial charge in [0.15, 0.2) is 0 Å². The van der Waals surface area contributed by atoms with Crippen LogP contribution in [0.2, 0.25) is 0 Å². The Bertz CT molecular complexity index is 759. The third-order valence-electron chi connectivity index (χ3n) is 5.24. The Morgan fingerprint density at radius 1 is 1.23 bits per heavy atom. The zero-order valence-electron chi connectivity index (χ0n) is 16.5. The van der Waals surface area contributed by atoms with Crippen LogP contribution >= 0.6 is 0 Å². The van der Waals surface area contributed by atoms with Gasteiger partial charge in [-0.05, 0) is 31.0 Å². The molecule has 0 amide bonds. The number of likely N-dealkylation sites (tertiary alicyclic amines) is 1. The molecule has 1 aromatic carbocycles. The SMILES string of the molecule is [N-]=[N+]=Nc1ccc(NCCCCCCN2C[C@H](O)[C@@H](O)[C@H](O)[C@H]2CO)c([N+](=O)[O-])c1. The lowest BCUT2D eigenvalue weighted by molar-refractivity contribution is -0.383. The van der Waals surface area contributed by atoms with Gasteiger partial charge >= 0.3 is 0 Å². The number of nitrogens with zero attached hydrogens (tertiary/aromatic N) is 5. The van der Waals surface area contributed by atoms with Crippen molar-refractivity contribution in [3.05, 3.63) is 38.8 Å². The number of aliphatic hydroxyl groups excluding tert-OH is 4. The Labute approximate surface area is 173 Å². The summed E-state index contributed by atoms with van der Waals surface area (Å²) in [6.07, 6.45) is -0.201. The molecule has 0 saturated carbocycles. The topological polar surface area (TPSA) is 188 Å². The van der Waals surface area contributed by atoms with Crippen molar-refractivity contribution >= 4 is 17.1 Å². The van der Waals surface area contributed by atoms with E-state index in [2.05, 4.69) is 15.3 Å². The number of azide groups is 1. The maximum atomic E-state index is 11.2. The average Bonchev–Trinajstić information content (AvgIpc) is 2.72. The van der Waals surface area contributed by atoms with Gasteiger partial charge in [0.1, 0.15) is 17.9 Å². The van der Waals surface area contributed by atoms with Crippen LogP contribution in [0.15, 0.2) is 23.3 Å². The zero-order chi connectivity index (χ0) is 22.1. The van der Waals surface area contributed by atoms with Crippen molar-refractivity contribution in [2.24, 2.45) is 5.11 Å². The van der Waals surface area contributed by atoms with Gasteiger partial charge in [0.25, 0.3) is 5.69 Å². The van der Waals surface area contributed by atoms with E-state index < -0.39 is 29.3 Å². The van der Waals surface area contributed by atoms with Gasteiger partial charge in [0.05, 0.1) is 23.7 Å². The molecule has 5 N–H and O–H groups in total. The van der Waals surface area contributed by atoms with Crippen molar-refractivity contribution in [2.75, 3.05) is 31.6 Å². The maximum absolute atomic E-state index is 11.2. The van der Waals surface area contributed by atoms with Crippen molar-refractivity contribution in [2.45, 2.75) is 50.0 Å². The number of hydrogen-bond acceptors (Lipinski definition) is 9. The standard InChI is InChI=1S/C18H28N6O6/c19-22-21-12-5-6-13(14(9-12)24(29)30)20-7-3-1-2-4-8-23-10-16(26)18(28)17(27)15(23)11-25/h5-6,9,15-18,20,25-28H,1-4,7-8,10-11H2/t15-,16+,17-,18-/m1/s1. The van der Waals surface area contributed by atoms with Crippen molar-refractivity contribution < 1.29 is 25.3 Å². The summed E-state index contributed by atoms with van der Waals surface area (Å²) in [6.45, 7) is 1.01. The molecule has 1 saturated heterocycles. The van der Waals surface area contributed by atoms with Gasteiger partial charge in [-0.3, -0.25) is 15.0 Å². The molecule has 1 aromatic rings. The van der Waals surface area contributed by atoms with E-state index in [0.717, 1.165) is 25.7 Å². The van der Waals surface area contributed by atoms with Crippen molar-refractivity contribution in [3.63, 3.8) is 0 Å². The molecule has 0 spiro atoms. The molecule has 0 bridgehead atoms. The van der Waals surface area contributed by atoms with Crippen LogP contribution in [0.5, 0.6) is 0 Å². The van der Waals surface area contributed by atoms with Crippen LogP contribution in [-0.2, 0) is 0 Å². The molecule has 1 aliphatic rings. The number of nitrogens with one attached hydrogen (secondary N) is 1. The fraction of sp³-hybridized carbons (Fsp3) is 0.667. The fourth-order valence-electron chi connectivity index (χ4n) is 3.59. The quantitative estimate of drug-likeness (QED) is 0.0876. The second-order valence-electron chi connectivity index (χ2n) is 7.28. The minimum atomic E-state index is -1.26. The predicted octanol–water partition coefficient (Wildman–Crippen LogP) is 1.27. The second kappa shape index (κ2) is 11.6. The van der Waals surface area contributed by atoms with Gasteiger partial charge in [-0.2, -0.15) is 0 Å². The Balaban J connectivity index is 1.72. The van der Waals surface area contributed by atoms with Crippen LogP contribution in [0.4, 0.5) is 17.1 Å². The van der Waals surface area contributed by atoms with Crippen LogP contribution in [0.1, 0.15) is 25.7 Å². The predicted molar refractivity (Wildman–Crippen MR) is 109 cm³/mol. The molecule has 166 valence electrons. The first-order chi connectivity index (χ1) is 14.4. The van der Waals surface area contributed by atoms with Crippen molar-refractivity contribution in [1.29, 1.82) is 0 Å². The van der Waals surface area contributed by atoms with E-state index in [0.29, 0.717) is 18.8 Å². The highest BCUT2D eigenvalue weighted by molar-refractivity contribution is 5.66. The minimum absolute atomic E-state index is 0.153. The summed E-state index contributed by atoms with van der Waals surface area (Å²) in [5.74, 6) is 0. The Hall–Kier alpha value is -2.47. The number of rotatable bonds is 11. The second-order valence-corrected chi connectivity index (χ2v) is 7.28. The molecule has 12 heteroatoms. The van der Waals surface area contributed by atoms with Gasteiger partial charge < -0.3 is 25.7 Å². The number of nitro groups is 1. The van der Waals surface area contributed by atoms with E-state index >= 15 is 0 Å². The smallest absolute Gasteiger partial charge is 0.292 e. The largest absolute Gasteiger partial charge is 0.395 e. The summed E-state index contributed by atoms with van der Waals surface area (Å²) < 4.78 is 0. The van der Waals surface area contributed by atoms with Gasteiger partial charge in [0, 0.05) is 29.8 Å². The lowest BCUT2D eigenvalue weighted by atomic mass is 9.94. The van der Waals surface area contributed by atoms with Crippen molar-refractivity contribution in [1.82, 2.24) is 4.90 Å². The highest BCUT2D eigenvalue weighted by Gasteiger charge is 2.40.